The van der Waals surface area contributed by atoms with Crippen LogP contribution >= 0.6 is 11.3 Å². The highest BCUT2D eigenvalue weighted by Crippen LogP contribution is 2.34. The minimum Gasteiger partial charge on any atom is -0.486 e. The van der Waals surface area contributed by atoms with Gasteiger partial charge in [-0.15, -0.1) is 11.3 Å². The highest BCUT2D eigenvalue weighted by Gasteiger charge is 2.27. The van der Waals surface area contributed by atoms with Gasteiger partial charge < -0.3 is 14.4 Å². The third kappa shape index (κ3) is 2.88. The molecule has 1 atom stereocenters. The average Bonchev–Trinajstić information content (AvgIpc) is 3.09. The Morgan fingerprint density at radius 2 is 2.08 bits per heavy atom. The lowest BCUT2D eigenvalue weighted by molar-refractivity contribution is -0.133. The van der Waals surface area contributed by atoms with Crippen LogP contribution in [0.1, 0.15) is 35.4 Å². The first-order valence-electron chi connectivity index (χ1n) is 8.46. The minimum absolute atomic E-state index is 0.188. The normalized spacial score (nSPS) is 19.0. The molecule has 126 valence electrons. The van der Waals surface area contributed by atoms with E-state index >= 15 is 0 Å². The molecule has 1 amide bonds. The van der Waals surface area contributed by atoms with E-state index in [-0.39, 0.29) is 11.9 Å². The number of rotatable bonds is 3. The summed E-state index contributed by atoms with van der Waals surface area (Å²) in [6.45, 7) is 4.15. The Kier molecular flexibility index (Phi) is 4.19. The monoisotopic (exact) mass is 343 g/mol. The topological polar surface area (TPSA) is 38.8 Å². The molecule has 4 nitrogen and oxygen atoms in total. The summed E-state index contributed by atoms with van der Waals surface area (Å²) in [5.41, 5.74) is 2.44. The smallest absolute Gasteiger partial charge is 0.223 e. The Bertz CT molecular complexity index is 755. The molecule has 24 heavy (non-hydrogen) atoms. The van der Waals surface area contributed by atoms with Crippen molar-refractivity contribution in [2.75, 3.05) is 19.8 Å². The number of thiophene rings is 1. The van der Waals surface area contributed by atoms with Crippen LogP contribution in [0.2, 0.25) is 0 Å². The number of carbonyl (C=O) groups excluding carboxylic acids is 1. The molecule has 0 saturated carbocycles. The number of fused-ring (bicyclic) bond motifs is 2. The molecule has 3 heterocycles. The summed E-state index contributed by atoms with van der Waals surface area (Å²) in [6.07, 6.45) is 2.24. The van der Waals surface area contributed by atoms with Gasteiger partial charge in [0, 0.05) is 17.8 Å². The van der Waals surface area contributed by atoms with Gasteiger partial charge >= 0.3 is 0 Å². The van der Waals surface area contributed by atoms with E-state index in [1.54, 1.807) is 11.3 Å². The zero-order valence-corrected chi connectivity index (χ0v) is 14.6. The predicted molar refractivity (Wildman–Crippen MR) is 93.9 cm³/mol. The first-order valence-corrected chi connectivity index (χ1v) is 9.34. The number of benzene rings is 1. The maximum absolute atomic E-state index is 12.7. The van der Waals surface area contributed by atoms with Crippen LogP contribution in [0.4, 0.5) is 0 Å². The summed E-state index contributed by atoms with van der Waals surface area (Å²) < 4.78 is 11.2. The molecule has 5 heteroatoms. The SMILES string of the molecule is CC1c2ccsc2CCN1C(=O)CCc1ccc2c(c1)OCCO2. The summed E-state index contributed by atoms with van der Waals surface area (Å²) in [4.78, 5) is 16.1. The van der Waals surface area contributed by atoms with Gasteiger partial charge in [0.25, 0.3) is 0 Å². The maximum atomic E-state index is 12.7. The Morgan fingerprint density at radius 1 is 1.25 bits per heavy atom. The molecule has 0 aliphatic carbocycles. The summed E-state index contributed by atoms with van der Waals surface area (Å²) in [5, 5.41) is 2.13. The Morgan fingerprint density at radius 3 is 2.96 bits per heavy atom. The molecular weight excluding hydrogens is 322 g/mol. The minimum atomic E-state index is 0.188. The zero-order chi connectivity index (χ0) is 16.5. The van der Waals surface area contributed by atoms with Crippen molar-refractivity contribution in [1.82, 2.24) is 4.90 Å². The fourth-order valence-corrected chi connectivity index (χ4v) is 4.45. The molecule has 1 unspecified atom stereocenters. The molecule has 0 N–H and O–H groups in total. The molecular formula is C19H21NO3S. The van der Waals surface area contributed by atoms with Gasteiger partial charge in [0.15, 0.2) is 11.5 Å². The lowest BCUT2D eigenvalue weighted by atomic mass is 10.0. The highest BCUT2D eigenvalue weighted by molar-refractivity contribution is 7.10. The lowest BCUT2D eigenvalue weighted by Gasteiger charge is -2.33. The Labute approximate surface area is 146 Å². The van der Waals surface area contributed by atoms with Crippen molar-refractivity contribution >= 4 is 17.2 Å². The van der Waals surface area contributed by atoms with Gasteiger partial charge in [0.2, 0.25) is 5.91 Å². The highest BCUT2D eigenvalue weighted by atomic mass is 32.1. The van der Waals surface area contributed by atoms with Crippen molar-refractivity contribution in [2.24, 2.45) is 0 Å². The van der Waals surface area contributed by atoms with E-state index in [0.29, 0.717) is 19.6 Å². The van der Waals surface area contributed by atoms with Crippen molar-refractivity contribution in [3.05, 3.63) is 45.6 Å². The molecule has 2 aliphatic heterocycles. The summed E-state index contributed by atoms with van der Waals surface area (Å²) in [6, 6.07) is 8.31. The average molecular weight is 343 g/mol. The number of hydrogen-bond acceptors (Lipinski definition) is 4. The number of aryl methyl sites for hydroxylation is 1. The van der Waals surface area contributed by atoms with E-state index in [2.05, 4.69) is 18.4 Å². The third-order valence-electron chi connectivity index (χ3n) is 4.83. The lowest BCUT2D eigenvalue weighted by Crippen LogP contribution is -2.38. The molecule has 0 bridgehead atoms. The quantitative estimate of drug-likeness (QED) is 0.855. The van der Waals surface area contributed by atoms with Gasteiger partial charge in [-0.05, 0) is 54.5 Å². The van der Waals surface area contributed by atoms with Gasteiger partial charge in [-0.2, -0.15) is 0 Å². The van der Waals surface area contributed by atoms with E-state index in [9.17, 15) is 4.79 Å². The van der Waals surface area contributed by atoms with Crippen molar-refractivity contribution in [3.63, 3.8) is 0 Å². The molecule has 0 fully saturated rings. The molecule has 0 radical (unpaired) electrons. The number of carbonyl (C=O) groups is 1. The number of amides is 1. The van der Waals surface area contributed by atoms with E-state index in [1.165, 1.54) is 10.4 Å². The van der Waals surface area contributed by atoms with Crippen LogP contribution in [-0.2, 0) is 17.6 Å². The molecule has 4 rings (SSSR count). The van der Waals surface area contributed by atoms with Crippen LogP contribution < -0.4 is 9.47 Å². The molecule has 0 spiro atoms. The van der Waals surface area contributed by atoms with E-state index in [1.807, 2.05) is 23.1 Å². The number of nitrogens with zero attached hydrogens (tertiary/aromatic N) is 1. The Balaban J connectivity index is 1.40. The van der Waals surface area contributed by atoms with Crippen molar-refractivity contribution < 1.29 is 14.3 Å². The van der Waals surface area contributed by atoms with Gasteiger partial charge in [-0.1, -0.05) is 6.07 Å². The van der Waals surface area contributed by atoms with Gasteiger partial charge in [0.05, 0.1) is 6.04 Å². The van der Waals surface area contributed by atoms with Gasteiger partial charge in [-0.25, -0.2) is 0 Å². The van der Waals surface area contributed by atoms with Gasteiger partial charge in [0.1, 0.15) is 13.2 Å². The summed E-state index contributed by atoms with van der Waals surface area (Å²) in [7, 11) is 0. The van der Waals surface area contributed by atoms with Crippen LogP contribution in [0, 0.1) is 0 Å². The molecule has 1 aromatic carbocycles. The summed E-state index contributed by atoms with van der Waals surface area (Å²) in [5.74, 6) is 1.82. The first-order chi connectivity index (χ1) is 11.7. The third-order valence-corrected chi connectivity index (χ3v) is 5.83. The van der Waals surface area contributed by atoms with Crippen molar-refractivity contribution in [3.8, 4) is 11.5 Å². The van der Waals surface area contributed by atoms with Crippen molar-refractivity contribution in [2.45, 2.75) is 32.2 Å². The fourth-order valence-electron chi connectivity index (χ4n) is 3.49. The number of ether oxygens (including phenoxy) is 2. The van der Waals surface area contributed by atoms with E-state index < -0.39 is 0 Å². The van der Waals surface area contributed by atoms with Crippen LogP contribution in [0.3, 0.4) is 0 Å². The number of hydrogen-bond donors (Lipinski definition) is 0. The van der Waals surface area contributed by atoms with Crippen LogP contribution in [0.5, 0.6) is 11.5 Å². The van der Waals surface area contributed by atoms with Crippen LogP contribution in [0.15, 0.2) is 29.6 Å². The van der Waals surface area contributed by atoms with Crippen molar-refractivity contribution in [1.29, 1.82) is 0 Å². The molecule has 2 aromatic rings. The van der Waals surface area contributed by atoms with E-state index in [4.69, 9.17) is 9.47 Å². The molecule has 0 saturated heterocycles. The first kappa shape index (κ1) is 15.5. The standard InChI is InChI=1S/C19H21NO3S/c1-13-15-7-11-24-18(15)6-8-20(13)19(21)5-3-14-2-4-16-17(12-14)23-10-9-22-16/h2,4,7,11-13H,3,5-6,8-10H2,1H3. The predicted octanol–water partition coefficient (Wildman–Crippen LogP) is 3.60. The van der Waals surface area contributed by atoms with Gasteiger partial charge in [-0.3, -0.25) is 4.79 Å². The second kappa shape index (κ2) is 6.48. The largest absolute Gasteiger partial charge is 0.486 e. The van der Waals surface area contributed by atoms with Crippen LogP contribution in [0.25, 0.3) is 0 Å². The van der Waals surface area contributed by atoms with Crippen LogP contribution in [-0.4, -0.2) is 30.6 Å². The maximum Gasteiger partial charge on any atom is 0.223 e. The second-order valence-electron chi connectivity index (χ2n) is 6.29. The second-order valence-corrected chi connectivity index (χ2v) is 7.29. The van der Waals surface area contributed by atoms with E-state index in [0.717, 1.165) is 36.4 Å². The summed E-state index contributed by atoms with van der Waals surface area (Å²) >= 11 is 1.80. The zero-order valence-electron chi connectivity index (χ0n) is 13.8. The fraction of sp³-hybridized carbons (Fsp3) is 0.421. The molecule has 2 aliphatic rings. The Hall–Kier alpha value is -2.01. The molecule has 1 aromatic heterocycles.